The molecule has 3 rings (SSSR count). The third-order valence-electron chi connectivity index (χ3n) is 4.87. The standard InChI is InChI=1S/C17H21BN4O2/c1-11-14(10-19)15(20)22(21-11)13-8-6-12(7-9-13)18-23-16(2,3)17(4,5)24-18/h6-9H,20H2,1-5H3. The van der Waals surface area contributed by atoms with Crippen molar-refractivity contribution in [1.29, 1.82) is 5.26 Å². The maximum atomic E-state index is 9.13. The Hall–Kier alpha value is -2.30. The van der Waals surface area contributed by atoms with Crippen LogP contribution < -0.4 is 11.2 Å². The van der Waals surface area contributed by atoms with Crippen LogP contribution >= 0.6 is 0 Å². The van der Waals surface area contributed by atoms with Gasteiger partial charge in [-0.1, -0.05) is 12.1 Å². The van der Waals surface area contributed by atoms with E-state index in [1.54, 1.807) is 11.6 Å². The number of nitrogen functional groups attached to an aromatic ring is 1. The van der Waals surface area contributed by atoms with Gasteiger partial charge in [-0.05, 0) is 52.2 Å². The first-order valence-corrected chi connectivity index (χ1v) is 7.87. The van der Waals surface area contributed by atoms with Crippen molar-refractivity contribution in [2.75, 3.05) is 5.73 Å². The van der Waals surface area contributed by atoms with Crippen molar-refractivity contribution < 1.29 is 9.31 Å². The summed E-state index contributed by atoms with van der Waals surface area (Å²) in [5, 5.41) is 13.5. The molecule has 0 unspecified atom stereocenters. The molecule has 124 valence electrons. The Balaban J connectivity index is 1.89. The molecule has 2 aromatic rings. The zero-order valence-electron chi connectivity index (χ0n) is 14.6. The largest absolute Gasteiger partial charge is 0.494 e. The van der Waals surface area contributed by atoms with Crippen molar-refractivity contribution in [2.45, 2.75) is 45.8 Å². The molecule has 1 aromatic carbocycles. The van der Waals surface area contributed by atoms with Crippen molar-refractivity contribution in [2.24, 2.45) is 0 Å². The van der Waals surface area contributed by atoms with Gasteiger partial charge in [0.2, 0.25) is 0 Å². The van der Waals surface area contributed by atoms with Crippen molar-refractivity contribution in [3.63, 3.8) is 0 Å². The minimum absolute atomic E-state index is 0.346. The van der Waals surface area contributed by atoms with Crippen molar-refractivity contribution in [1.82, 2.24) is 9.78 Å². The van der Waals surface area contributed by atoms with E-state index in [1.807, 2.05) is 52.0 Å². The van der Waals surface area contributed by atoms with Gasteiger partial charge in [0.25, 0.3) is 0 Å². The number of nitriles is 1. The highest BCUT2D eigenvalue weighted by Crippen LogP contribution is 2.36. The van der Waals surface area contributed by atoms with E-state index >= 15 is 0 Å². The molecule has 0 atom stereocenters. The number of nitrogens with zero attached hydrogens (tertiary/aromatic N) is 3. The first kappa shape index (κ1) is 16.6. The summed E-state index contributed by atoms with van der Waals surface area (Å²) in [6, 6.07) is 9.73. The molecular weight excluding hydrogens is 303 g/mol. The summed E-state index contributed by atoms with van der Waals surface area (Å²) in [6.07, 6.45) is 0. The van der Waals surface area contributed by atoms with Gasteiger partial charge in [-0.15, -0.1) is 0 Å². The second kappa shape index (κ2) is 5.37. The van der Waals surface area contributed by atoms with E-state index < -0.39 is 7.12 Å². The van der Waals surface area contributed by atoms with Crippen LogP contribution in [0, 0.1) is 18.3 Å². The Morgan fingerprint density at radius 2 is 1.67 bits per heavy atom. The normalized spacial score (nSPS) is 18.6. The van der Waals surface area contributed by atoms with Crippen molar-refractivity contribution in [3.8, 4) is 11.8 Å². The molecule has 2 heterocycles. The van der Waals surface area contributed by atoms with Gasteiger partial charge >= 0.3 is 7.12 Å². The summed E-state index contributed by atoms with van der Waals surface area (Å²) in [7, 11) is -0.407. The van der Waals surface area contributed by atoms with Gasteiger partial charge in [0.1, 0.15) is 17.5 Å². The Morgan fingerprint density at radius 1 is 1.12 bits per heavy atom. The summed E-state index contributed by atoms with van der Waals surface area (Å²) >= 11 is 0. The fourth-order valence-electron chi connectivity index (χ4n) is 2.63. The van der Waals surface area contributed by atoms with Gasteiger partial charge in [-0.25, -0.2) is 4.68 Å². The summed E-state index contributed by atoms with van der Waals surface area (Å²) in [4.78, 5) is 0. The minimum Gasteiger partial charge on any atom is -0.399 e. The molecule has 2 N–H and O–H groups in total. The second-order valence-corrected chi connectivity index (χ2v) is 7.05. The van der Waals surface area contributed by atoms with Crippen LogP contribution in [0.4, 0.5) is 5.82 Å². The van der Waals surface area contributed by atoms with Gasteiger partial charge in [0.05, 0.1) is 22.6 Å². The quantitative estimate of drug-likeness (QED) is 0.853. The lowest BCUT2D eigenvalue weighted by atomic mass is 9.79. The predicted octanol–water partition coefficient (Wildman–Crippen LogP) is 1.93. The van der Waals surface area contributed by atoms with Crippen LogP contribution in [-0.4, -0.2) is 28.1 Å². The molecule has 0 bridgehead atoms. The van der Waals surface area contributed by atoms with Crippen LogP contribution in [0.25, 0.3) is 5.69 Å². The molecule has 0 amide bonds. The number of nitrogens with two attached hydrogens (primary N) is 1. The topological polar surface area (TPSA) is 86.1 Å². The highest BCUT2D eigenvalue weighted by Gasteiger charge is 2.51. The lowest BCUT2D eigenvalue weighted by Gasteiger charge is -2.32. The molecule has 1 aliphatic rings. The van der Waals surface area contributed by atoms with Gasteiger partial charge in [-0.2, -0.15) is 10.4 Å². The van der Waals surface area contributed by atoms with E-state index in [0.29, 0.717) is 17.1 Å². The Labute approximate surface area is 142 Å². The van der Waals surface area contributed by atoms with Crippen LogP contribution in [0.15, 0.2) is 24.3 Å². The molecule has 1 aliphatic heterocycles. The maximum Gasteiger partial charge on any atom is 0.494 e. The maximum absolute atomic E-state index is 9.13. The zero-order chi connectivity index (χ0) is 17.7. The van der Waals surface area contributed by atoms with Gasteiger partial charge in [0, 0.05) is 0 Å². The minimum atomic E-state index is -0.407. The highest BCUT2D eigenvalue weighted by molar-refractivity contribution is 6.62. The average Bonchev–Trinajstić information content (AvgIpc) is 2.91. The molecular formula is C17H21BN4O2. The number of aromatic nitrogens is 2. The number of aryl methyl sites for hydroxylation is 1. The van der Waals surface area contributed by atoms with Gasteiger partial charge in [0.15, 0.2) is 0 Å². The Morgan fingerprint density at radius 3 is 2.12 bits per heavy atom. The van der Waals surface area contributed by atoms with E-state index in [2.05, 4.69) is 11.2 Å². The SMILES string of the molecule is Cc1nn(-c2ccc(B3OC(C)(C)C(C)(C)O3)cc2)c(N)c1C#N. The average molecular weight is 324 g/mol. The summed E-state index contributed by atoms with van der Waals surface area (Å²) < 4.78 is 13.7. The third kappa shape index (κ3) is 2.48. The highest BCUT2D eigenvalue weighted by atomic mass is 16.7. The van der Waals surface area contributed by atoms with E-state index in [9.17, 15) is 0 Å². The van der Waals surface area contributed by atoms with E-state index in [-0.39, 0.29) is 11.2 Å². The summed E-state index contributed by atoms with van der Waals surface area (Å²) in [5.74, 6) is 0.346. The molecule has 0 aliphatic carbocycles. The zero-order valence-corrected chi connectivity index (χ0v) is 14.6. The first-order valence-electron chi connectivity index (χ1n) is 7.87. The monoisotopic (exact) mass is 324 g/mol. The number of benzene rings is 1. The Bertz CT molecular complexity index is 802. The molecule has 6 nitrogen and oxygen atoms in total. The van der Waals surface area contributed by atoms with E-state index in [0.717, 1.165) is 11.2 Å². The molecule has 7 heteroatoms. The fraction of sp³-hybridized carbons (Fsp3) is 0.412. The second-order valence-electron chi connectivity index (χ2n) is 7.05. The molecule has 0 radical (unpaired) electrons. The molecule has 24 heavy (non-hydrogen) atoms. The van der Waals surface area contributed by atoms with Crippen LogP contribution in [0.3, 0.4) is 0 Å². The first-order chi connectivity index (χ1) is 11.2. The van der Waals surface area contributed by atoms with Crippen LogP contribution in [0.2, 0.25) is 0 Å². The lowest BCUT2D eigenvalue weighted by Crippen LogP contribution is -2.41. The number of anilines is 1. The smallest absolute Gasteiger partial charge is 0.399 e. The van der Waals surface area contributed by atoms with E-state index in [1.165, 1.54) is 0 Å². The van der Waals surface area contributed by atoms with Crippen molar-refractivity contribution in [3.05, 3.63) is 35.5 Å². The van der Waals surface area contributed by atoms with Crippen LogP contribution in [0.5, 0.6) is 0 Å². The number of hydrogen-bond acceptors (Lipinski definition) is 5. The molecule has 0 saturated carbocycles. The van der Waals surface area contributed by atoms with Gasteiger partial charge < -0.3 is 15.0 Å². The number of rotatable bonds is 2. The van der Waals surface area contributed by atoms with Gasteiger partial charge in [-0.3, -0.25) is 0 Å². The third-order valence-corrected chi connectivity index (χ3v) is 4.87. The molecule has 1 aromatic heterocycles. The van der Waals surface area contributed by atoms with E-state index in [4.69, 9.17) is 20.3 Å². The fourth-order valence-corrected chi connectivity index (χ4v) is 2.63. The molecule has 1 saturated heterocycles. The lowest BCUT2D eigenvalue weighted by molar-refractivity contribution is 0.00578. The summed E-state index contributed by atoms with van der Waals surface area (Å²) in [6.45, 7) is 9.87. The predicted molar refractivity (Wildman–Crippen MR) is 93.1 cm³/mol. The van der Waals surface area contributed by atoms with Crippen molar-refractivity contribution >= 4 is 18.4 Å². The summed E-state index contributed by atoms with van der Waals surface area (Å²) in [5.41, 5.74) is 8.00. The molecule has 1 fully saturated rings. The van der Waals surface area contributed by atoms with Crippen LogP contribution in [0.1, 0.15) is 39.0 Å². The molecule has 0 spiro atoms. The van der Waals surface area contributed by atoms with Crippen LogP contribution in [-0.2, 0) is 9.31 Å². The Kier molecular flexibility index (Phi) is 3.70. The number of hydrogen-bond donors (Lipinski definition) is 1.